The van der Waals surface area contributed by atoms with Gasteiger partial charge in [-0.3, -0.25) is 9.48 Å². The van der Waals surface area contributed by atoms with Crippen molar-refractivity contribution in [2.45, 2.75) is 13.3 Å². The van der Waals surface area contributed by atoms with Crippen molar-refractivity contribution < 1.29 is 9.90 Å². The molecule has 0 amide bonds. The second kappa shape index (κ2) is 3.26. The highest BCUT2D eigenvalue weighted by Gasteiger charge is 2.12. The Bertz CT molecular complexity index is 319. The van der Waals surface area contributed by atoms with Gasteiger partial charge in [-0.1, -0.05) is 0 Å². The summed E-state index contributed by atoms with van der Waals surface area (Å²) >= 11 is 3.30. The Morgan fingerprint density at radius 3 is 2.67 bits per heavy atom. The minimum atomic E-state index is -0.858. The van der Waals surface area contributed by atoms with Crippen molar-refractivity contribution in [1.82, 2.24) is 9.78 Å². The summed E-state index contributed by atoms with van der Waals surface area (Å²) in [6.45, 7) is 1.84. The molecule has 1 aromatic heterocycles. The van der Waals surface area contributed by atoms with E-state index >= 15 is 0 Å². The Hall–Kier alpha value is -0.840. The summed E-state index contributed by atoms with van der Waals surface area (Å²) in [6, 6.07) is 0. The van der Waals surface area contributed by atoms with Crippen LogP contribution in [0.2, 0.25) is 0 Å². The van der Waals surface area contributed by atoms with Crippen molar-refractivity contribution in [3.8, 4) is 0 Å². The van der Waals surface area contributed by atoms with Gasteiger partial charge in [0.2, 0.25) is 0 Å². The molecule has 0 bridgehead atoms. The molecule has 1 heterocycles. The van der Waals surface area contributed by atoms with Gasteiger partial charge in [0.15, 0.2) is 0 Å². The number of hydrogen-bond acceptors (Lipinski definition) is 2. The lowest BCUT2D eigenvalue weighted by Crippen LogP contribution is -2.02. The predicted molar refractivity (Wildman–Crippen MR) is 47.0 cm³/mol. The van der Waals surface area contributed by atoms with Gasteiger partial charge in [-0.05, 0) is 22.9 Å². The standard InChI is InChI=1S/C7H9BrN2O2/c1-4-5(3-6(11)12)9-10(2)7(4)8/h3H2,1-2H3,(H,11,12). The van der Waals surface area contributed by atoms with E-state index < -0.39 is 5.97 Å². The lowest BCUT2D eigenvalue weighted by atomic mass is 10.2. The largest absolute Gasteiger partial charge is 0.481 e. The average Bonchev–Trinajstić information content (AvgIpc) is 2.17. The van der Waals surface area contributed by atoms with Crippen molar-refractivity contribution in [2.75, 3.05) is 0 Å². The molecule has 1 rings (SSSR count). The fourth-order valence-electron chi connectivity index (χ4n) is 0.973. The van der Waals surface area contributed by atoms with E-state index in [9.17, 15) is 4.79 Å². The van der Waals surface area contributed by atoms with E-state index in [1.54, 1.807) is 11.7 Å². The number of aryl methyl sites for hydroxylation is 1. The van der Waals surface area contributed by atoms with Gasteiger partial charge in [0.1, 0.15) is 4.60 Å². The van der Waals surface area contributed by atoms with Crippen LogP contribution in [0.25, 0.3) is 0 Å². The Morgan fingerprint density at radius 2 is 2.33 bits per heavy atom. The molecule has 0 radical (unpaired) electrons. The normalized spacial score (nSPS) is 10.2. The lowest BCUT2D eigenvalue weighted by molar-refractivity contribution is -0.136. The van der Waals surface area contributed by atoms with Gasteiger partial charge < -0.3 is 5.11 Å². The van der Waals surface area contributed by atoms with Crippen LogP contribution < -0.4 is 0 Å². The smallest absolute Gasteiger partial charge is 0.309 e. The minimum Gasteiger partial charge on any atom is -0.481 e. The SMILES string of the molecule is Cc1c(CC(=O)O)nn(C)c1Br. The third-order valence-electron chi connectivity index (χ3n) is 1.62. The van der Waals surface area contributed by atoms with Crippen LogP contribution in [0.1, 0.15) is 11.3 Å². The van der Waals surface area contributed by atoms with Gasteiger partial charge in [-0.2, -0.15) is 5.10 Å². The van der Waals surface area contributed by atoms with Crippen LogP contribution in [0, 0.1) is 6.92 Å². The summed E-state index contributed by atoms with van der Waals surface area (Å²) in [5.41, 5.74) is 1.50. The van der Waals surface area contributed by atoms with Crippen LogP contribution in [0.5, 0.6) is 0 Å². The number of aromatic nitrogens is 2. The summed E-state index contributed by atoms with van der Waals surface area (Å²) in [7, 11) is 1.77. The number of nitrogens with zero attached hydrogens (tertiary/aromatic N) is 2. The van der Waals surface area contributed by atoms with E-state index in [2.05, 4.69) is 21.0 Å². The molecule has 0 aliphatic rings. The topological polar surface area (TPSA) is 55.1 Å². The molecule has 0 aromatic carbocycles. The fourth-order valence-corrected chi connectivity index (χ4v) is 1.28. The zero-order valence-corrected chi connectivity index (χ0v) is 8.42. The monoisotopic (exact) mass is 232 g/mol. The van der Waals surface area contributed by atoms with Crippen LogP contribution in [-0.2, 0) is 18.3 Å². The van der Waals surface area contributed by atoms with Gasteiger partial charge in [0.25, 0.3) is 0 Å². The van der Waals surface area contributed by atoms with E-state index in [-0.39, 0.29) is 6.42 Å². The summed E-state index contributed by atoms with van der Waals surface area (Å²) in [5.74, 6) is -0.858. The summed E-state index contributed by atoms with van der Waals surface area (Å²) < 4.78 is 2.45. The van der Waals surface area contributed by atoms with E-state index in [1.165, 1.54) is 0 Å². The van der Waals surface area contributed by atoms with Gasteiger partial charge in [-0.25, -0.2) is 0 Å². The third kappa shape index (κ3) is 1.66. The Labute approximate surface area is 78.3 Å². The van der Waals surface area contributed by atoms with Crippen LogP contribution >= 0.6 is 15.9 Å². The van der Waals surface area contributed by atoms with Crippen molar-refractivity contribution in [2.24, 2.45) is 7.05 Å². The first-order chi connectivity index (χ1) is 5.52. The molecule has 1 N–H and O–H groups in total. The number of halogens is 1. The lowest BCUT2D eigenvalue weighted by Gasteiger charge is -1.90. The van der Waals surface area contributed by atoms with Gasteiger partial charge >= 0.3 is 5.97 Å². The van der Waals surface area contributed by atoms with Crippen molar-refractivity contribution >= 4 is 21.9 Å². The number of hydrogen-bond donors (Lipinski definition) is 1. The van der Waals surface area contributed by atoms with Crippen molar-refractivity contribution in [3.63, 3.8) is 0 Å². The average molecular weight is 233 g/mol. The van der Waals surface area contributed by atoms with Crippen LogP contribution in [-0.4, -0.2) is 20.9 Å². The Morgan fingerprint density at radius 1 is 1.75 bits per heavy atom. The molecule has 0 atom stereocenters. The van der Waals surface area contributed by atoms with Crippen LogP contribution in [0.3, 0.4) is 0 Å². The van der Waals surface area contributed by atoms with Crippen molar-refractivity contribution in [3.05, 3.63) is 15.9 Å². The first-order valence-electron chi connectivity index (χ1n) is 3.42. The molecule has 1 aromatic rings. The van der Waals surface area contributed by atoms with E-state index in [4.69, 9.17) is 5.11 Å². The molecule has 5 heteroatoms. The maximum Gasteiger partial charge on any atom is 0.309 e. The maximum atomic E-state index is 10.4. The first kappa shape index (κ1) is 9.25. The highest BCUT2D eigenvalue weighted by Crippen LogP contribution is 2.18. The van der Waals surface area contributed by atoms with Crippen LogP contribution in [0.15, 0.2) is 4.60 Å². The molecule has 0 aliphatic carbocycles. The summed E-state index contributed by atoms with van der Waals surface area (Å²) in [6.07, 6.45) is -0.0225. The zero-order valence-electron chi connectivity index (χ0n) is 6.83. The molecule has 0 saturated heterocycles. The molecule has 66 valence electrons. The second-order valence-electron chi connectivity index (χ2n) is 2.56. The van der Waals surface area contributed by atoms with Gasteiger partial charge in [0, 0.05) is 12.6 Å². The third-order valence-corrected chi connectivity index (χ3v) is 2.72. The zero-order chi connectivity index (χ0) is 9.30. The quantitative estimate of drug-likeness (QED) is 0.832. The van der Waals surface area contributed by atoms with Gasteiger partial charge in [0.05, 0.1) is 12.1 Å². The molecular formula is C7H9BrN2O2. The summed E-state index contributed by atoms with van der Waals surface area (Å²) in [5, 5.41) is 12.6. The number of carboxylic acids is 1. The summed E-state index contributed by atoms with van der Waals surface area (Å²) in [4.78, 5) is 10.4. The van der Waals surface area contributed by atoms with Gasteiger partial charge in [-0.15, -0.1) is 0 Å². The highest BCUT2D eigenvalue weighted by molar-refractivity contribution is 9.10. The predicted octanol–water partition coefficient (Wildman–Crippen LogP) is 1.12. The molecule has 0 saturated carbocycles. The number of carboxylic acid groups (broad SMARTS) is 1. The van der Waals surface area contributed by atoms with E-state index in [1.807, 2.05) is 6.92 Å². The van der Waals surface area contributed by atoms with E-state index in [0.717, 1.165) is 10.2 Å². The first-order valence-corrected chi connectivity index (χ1v) is 4.21. The van der Waals surface area contributed by atoms with Crippen molar-refractivity contribution in [1.29, 1.82) is 0 Å². The maximum absolute atomic E-state index is 10.4. The number of rotatable bonds is 2. The molecular weight excluding hydrogens is 224 g/mol. The number of aliphatic carboxylic acids is 1. The van der Waals surface area contributed by atoms with Crippen LogP contribution in [0.4, 0.5) is 0 Å². The molecule has 0 spiro atoms. The Kier molecular flexibility index (Phi) is 2.52. The molecule has 12 heavy (non-hydrogen) atoms. The second-order valence-corrected chi connectivity index (χ2v) is 3.31. The molecule has 0 fully saturated rings. The Balaban J connectivity index is 3.01. The fraction of sp³-hybridized carbons (Fsp3) is 0.429. The molecule has 4 nitrogen and oxygen atoms in total. The molecule has 0 unspecified atom stereocenters. The highest BCUT2D eigenvalue weighted by atomic mass is 79.9. The number of carbonyl (C=O) groups is 1. The minimum absolute atomic E-state index is 0.0225. The molecule has 0 aliphatic heterocycles. The van der Waals surface area contributed by atoms with E-state index in [0.29, 0.717) is 5.69 Å².